The van der Waals surface area contributed by atoms with Crippen LogP contribution in [0, 0.1) is 0 Å². The maximum absolute atomic E-state index is 14.1. The number of aliphatic hydroxyl groups is 2. The molecule has 0 bridgehead atoms. The van der Waals surface area contributed by atoms with Crippen LogP contribution in [0.5, 0.6) is 23.0 Å². The molecule has 0 radical (unpaired) electrons. The number of allylic oxidation sites excluding steroid dienone is 2. The normalized spacial score (nSPS) is 16.7. The third-order valence-corrected chi connectivity index (χ3v) is 11.8. The number of amides is 4. The number of nitrogens with zero attached hydrogens (tertiary/aromatic N) is 3. The molecule has 3 heterocycles. The molecule has 3 aliphatic rings. The standard InChI is InChI=1S/C50H61N5O15/c1-28-15-30(25-56)54(23-28)46(60)33-18-39(64-7)41(20-36(33)51-48(62)69-27-32-17-35-44(53(32)6)38(58)22-43(66-9)45(35)59)67-13-11-10-12-14-68-42-21-37(52-49(63)70-50(3,4)5)34(19-40(42)65-8)47(61)55-24-29(2)16-31(55)26-57/h17-22,30-31,56-57H,1-2,10-16,23-27H2,3-9H3,(H,51,62)(H,52,63)/t30-,31-/m0/s1. The number of Topliss-reactive ketones (excluding diaryl/α,β-unsaturated/α-hetero) is 1. The Balaban J connectivity index is 1.13. The molecule has 2 aromatic carbocycles. The van der Waals surface area contributed by atoms with E-state index < -0.39 is 53.3 Å². The summed E-state index contributed by atoms with van der Waals surface area (Å²) in [5.41, 5.74) is 1.61. The molecule has 2 fully saturated rings. The molecule has 3 aromatic rings. The van der Waals surface area contributed by atoms with Crippen molar-refractivity contribution >= 4 is 46.9 Å². The Morgan fingerprint density at radius 2 is 1.21 bits per heavy atom. The van der Waals surface area contributed by atoms with Crippen LogP contribution in [0.3, 0.4) is 0 Å². The largest absolute Gasteiger partial charge is 0.493 e. The van der Waals surface area contributed by atoms with Gasteiger partial charge >= 0.3 is 12.2 Å². The fraction of sp³-hybridized carbons (Fsp3) is 0.440. The number of fused-ring (bicyclic) bond motifs is 1. The molecule has 20 nitrogen and oxygen atoms in total. The van der Waals surface area contributed by atoms with Gasteiger partial charge in [-0.2, -0.15) is 0 Å². The van der Waals surface area contributed by atoms with E-state index in [0.29, 0.717) is 37.8 Å². The number of benzene rings is 2. The van der Waals surface area contributed by atoms with Gasteiger partial charge in [-0.15, -0.1) is 0 Å². The molecule has 376 valence electrons. The third-order valence-electron chi connectivity index (χ3n) is 11.8. The maximum Gasteiger partial charge on any atom is 0.412 e. The fourth-order valence-electron chi connectivity index (χ4n) is 8.34. The highest BCUT2D eigenvalue weighted by atomic mass is 16.6. The van der Waals surface area contributed by atoms with E-state index in [4.69, 9.17) is 33.2 Å². The first kappa shape index (κ1) is 52.1. The number of rotatable bonds is 19. The Bertz CT molecular complexity index is 2590. The monoisotopic (exact) mass is 971 g/mol. The van der Waals surface area contributed by atoms with Gasteiger partial charge in [-0.05, 0) is 71.1 Å². The minimum Gasteiger partial charge on any atom is -0.493 e. The van der Waals surface area contributed by atoms with Gasteiger partial charge in [0, 0.05) is 38.3 Å². The zero-order valence-corrected chi connectivity index (χ0v) is 40.6. The summed E-state index contributed by atoms with van der Waals surface area (Å²) >= 11 is 0. The minimum absolute atomic E-state index is 0.0279. The van der Waals surface area contributed by atoms with Crippen LogP contribution < -0.4 is 29.6 Å². The van der Waals surface area contributed by atoms with E-state index in [1.54, 1.807) is 27.8 Å². The topological polar surface area (TPSA) is 243 Å². The number of carbonyl (C=O) groups is 6. The summed E-state index contributed by atoms with van der Waals surface area (Å²) in [4.78, 5) is 82.9. The minimum atomic E-state index is -0.957. The van der Waals surface area contributed by atoms with Gasteiger partial charge in [0.2, 0.25) is 11.6 Å². The predicted octanol–water partition coefficient (Wildman–Crippen LogP) is 6.20. The third kappa shape index (κ3) is 11.9. The second kappa shape index (κ2) is 22.4. The molecule has 0 spiro atoms. The number of likely N-dealkylation sites (tertiary alicyclic amines) is 2. The van der Waals surface area contributed by atoms with E-state index in [0.717, 1.165) is 17.2 Å². The van der Waals surface area contributed by atoms with E-state index in [1.807, 2.05) is 0 Å². The molecular weight excluding hydrogens is 911 g/mol. The molecule has 2 aliphatic heterocycles. The lowest BCUT2D eigenvalue weighted by molar-refractivity contribution is 0.0633. The van der Waals surface area contributed by atoms with Crippen molar-refractivity contribution in [3.63, 3.8) is 0 Å². The van der Waals surface area contributed by atoms with E-state index >= 15 is 0 Å². The molecule has 2 atom stereocenters. The first-order valence-corrected chi connectivity index (χ1v) is 22.6. The first-order valence-electron chi connectivity index (χ1n) is 22.6. The highest BCUT2D eigenvalue weighted by molar-refractivity contribution is 6.23. The number of nitrogens with one attached hydrogen (secondary N) is 2. The van der Waals surface area contributed by atoms with E-state index in [-0.39, 0.29) is 109 Å². The van der Waals surface area contributed by atoms with Crippen LogP contribution in [0.2, 0.25) is 0 Å². The van der Waals surface area contributed by atoms with Crippen molar-refractivity contribution in [2.45, 2.75) is 77.2 Å². The van der Waals surface area contributed by atoms with Gasteiger partial charge < -0.3 is 57.7 Å². The molecule has 0 unspecified atom stereocenters. The van der Waals surface area contributed by atoms with Crippen LogP contribution in [0.1, 0.15) is 100 Å². The van der Waals surface area contributed by atoms with E-state index in [1.165, 1.54) is 66.0 Å². The molecule has 70 heavy (non-hydrogen) atoms. The van der Waals surface area contributed by atoms with Gasteiger partial charge in [0.25, 0.3) is 11.8 Å². The van der Waals surface area contributed by atoms with Gasteiger partial charge in [0.15, 0.2) is 28.8 Å². The molecule has 4 amide bonds. The van der Waals surface area contributed by atoms with Crippen LogP contribution in [0.4, 0.5) is 21.0 Å². The average molecular weight is 972 g/mol. The molecule has 1 aromatic heterocycles. The molecule has 4 N–H and O–H groups in total. The molecule has 2 saturated heterocycles. The highest BCUT2D eigenvalue weighted by Gasteiger charge is 2.36. The van der Waals surface area contributed by atoms with Crippen LogP contribution in [0.25, 0.3) is 0 Å². The molecule has 1 aliphatic carbocycles. The number of hydrogen-bond acceptors (Lipinski definition) is 15. The van der Waals surface area contributed by atoms with Gasteiger partial charge in [-0.1, -0.05) is 24.3 Å². The maximum atomic E-state index is 14.1. The molecular formula is C50H61N5O15. The molecule has 0 saturated carbocycles. The van der Waals surface area contributed by atoms with Gasteiger partial charge in [-0.25, -0.2) is 9.59 Å². The van der Waals surface area contributed by atoms with E-state index in [9.17, 15) is 39.0 Å². The predicted molar refractivity (Wildman–Crippen MR) is 255 cm³/mol. The zero-order chi connectivity index (χ0) is 51.0. The SMILES string of the molecule is C=C1C[C@@H](CO)N(C(=O)c2cc(OC)c(OCCCCCOc3cc(NC(=O)OC(C)(C)C)c(C(=O)N4CC(=C)C[C@H]4CO)cc3OC)cc2NC(=O)OCc2cc3c(n2C)C(=O)C=C(OC)C3=O)C1. The lowest BCUT2D eigenvalue weighted by Gasteiger charge is -2.25. The Kier molecular flexibility index (Phi) is 16.7. The Morgan fingerprint density at radius 3 is 1.67 bits per heavy atom. The van der Waals surface area contributed by atoms with Crippen molar-refractivity contribution in [1.82, 2.24) is 14.4 Å². The Labute approximate surface area is 405 Å². The number of hydrogen-bond donors (Lipinski definition) is 4. The van der Waals surface area contributed by atoms with Crippen molar-refractivity contribution in [1.29, 1.82) is 0 Å². The summed E-state index contributed by atoms with van der Waals surface area (Å²) in [7, 11) is 5.69. The number of aliphatic hydroxyl groups excluding tert-OH is 2. The highest BCUT2D eigenvalue weighted by Crippen LogP contribution is 2.38. The van der Waals surface area contributed by atoms with Crippen molar-refractivity contribution in [3.8, 4) is 23.0 Å². The zero-order valence-electron chi connectivity index (χ0n) is 40.6. The summed E-state index contributed by atoms with van der Waals surface area (Å²) < 4.78 is 41.0. The second-order valence-corrected chi connectivity index (χ2v) is 18.0. The summed E-state index contributed by atoms with van der Waals surface area (Å²) in [5.74, 6) is -1.07. The van der Waals surface area contributed by atoms with E-state index in [2.05, 4.69) is 23.8 Å². The second-order valence-electron chi connectivity index (χ2n) is 18.0. The Morgan fingerprint density at radius 1 is 0.714 bits per heavy atom. The quantitative estimate of drug-likeness (QED) is 0.0772. The number of methoxy groups -OCH3 is 3. The van der Waals surface area contributed by atoms with Gasteiger partial charge in [-0.3, -0.25) is 29.8 Å². The first-order chi connectivity index (χ1) is 33.3. The lowest BCUT2D eigenvalue weighted by atomic mass is 10.0. The molecule has 20 heteroatoms. The average Bonchev–Trinajstić information content (AvgIpc) is 4.01. The fourth-order valence-corrected chi connectivity index (χ4v) is 8.34. The van der Waals surface area contributed by atoms with Crippen molar-refractivity contribution in [2.24, 2.45) is 7.05 Å². The van der Waals surface area contributed by atoms with Crippen LogP contribution in [-0.4, -0.2) is 139 Å². The summed E-state index contributed by atoms with van der Waals surface area (Å²) in [6, 6.07) is 6.30. The molecule has 6 rings (SSSR count). The lowest BCUT2D eigenvalue weighted by Crippen LogP contribution is -2.38. The van der Waals surface area contributed by atoms with Crippen molar-refractivity contribution in [3.05, 3.63) is 94.5 Å². The van der Waals surface area contributed by atoms with Crippen LogP contribution in [-0.2, 0) is 27.9 Å². The summed E-state index contributed by atoms with van der Waals surface area (Å²) in [5, 5.41) is 25.4. The Hall–Kier alpha value is -7.32. The summed E-state index contributed by atoms with van der Waals surface area (Å²) in [6.45, 7) is 13.0. The smallest absolute Gasteiger partial charge is 0.412 e. The van der Waals surface area contributed by atoms with Gasteiger partial charge in [0.05, 0.1) is 93.6 Å². The van der Waals surface area contributed by atoms with Crippen molar-refractivity contribution in [2.75, 3.05) is 71.5 Å². The number of aromatic nitrogens is 1. The number of carbonyl (C=O) groups excluding carboxylic acids is 6. The number of unbranched alkanes of at least 4 members (excludes halogenated alkanes) is 2. The van der Waals surface area contributed by atoms with Crippen LogP contribution in [0.15, 0.2) is 66.5 Å². The van der Waals surface area contributed by atoms with Gasteiger partial charge in [0.1, 0.15) is 17.9 Å². The number of ether oxygens (including phenoxy) is 7. The number of anilines is 2. The van der Waals surface area contributed by atoms with Crippen LogP contribution >= 0.6 is 0 Å². The number of ketones is 2. The summed E-state index contributed by atoms with van der Waals surface area (Å²) in [6.07, 6.45) is 1.91. The van der Waals surface area contributed by atoms with Crippen molar-refractivity contribution < 1.29 is 72.1 Å².